The fraction of sp³-hybridized carbons (Fsp3) is 0.625. The molecule has 0 aliphatic heterocycles. The molecule has 78 valence electrons. The highest BCUT2D eigenvalue weighted by molar-refractivity contribution is 5.86. The molecule has 5 heteroatoms. The predicted octanol–water partition coefficient (Wildman–Crippen LogP) is 0.592. The second-order valence-electron chi connectivity index (χ2n) is 2.62. The van der Waals surface area contributed by atoms with E-state index in [1.54, 1.807) is 0 Å². The molecule has 0 aromatic heterocycles. The average molecular weight is 209 g/mol. The zero-order valence-corrected chi connectivity index (χ0v) is 9.06. The van der Waals surface area contributed by atoms with E-state index in [2.05, 4.69) is 11.9 Å². The van der Waals surface area contributed by atoms with Crippen molar-refractivity contribution in [3.8, 4) is 0 Å². The number of hydrogen-bond acceptors (Lipinski definition) is 3. The highest BCUT2D eigenvalue weighted by Crippen LogP contribution is 1.91. The van der Waals surface area contributed by atoms with Crippen molar-refractivity contribution in [1.82, 2.24) is 10.2 Å². The summed E-state index contributed by atoms with van der Waals surface area (Å²) in [6, 6.07) is 0. The number of hydrogen-bond donors (Lipinski definition) is 1. The molecule has 0 rings (SSSR count). The van der Waals surface area contributed by atoms with Crippen LogP contribution in [0.15, 0.2) is 12.7 Å². The lowest BCUT2D eigenvalue weighted by molar-refractivity contribution is -0.120. The van der Waals surface area contributed by atoms with Gasteiger partial charge in [-0.3, -0.25) is 9.69 Å². The van der Waals surface area contributed by atoms with Crippen LogP contribution in [-0.4, -0.2) is 37.9 Å². The second kappa shape index (κ2) is 8.04. The van der Waals surface area contributed by atoms with Gasteiger partial charge in [-0.25, -0.2) is 0 Å². The Bertz CT molecular complexity index is 162. The van der Waals surface area contributed by atoms with Gasteiger partial charge in [-0.15, -0.1) is 12.4 Å². The van der Waals surface area contributed by atoms with E-state index in [-0.39, 0.29) is 31.3 Å². The lowest BCUT2D eigenvalue weighted by Gasteiger charge is -2.19. The Morgan fingerprint density at radius 3 is 2.62 bits per heavy atom. The first-order valence-corrected chi connectivity index (χ1v) is 3.76. The topological polar surface area (TPSA) is 41.6 Å². The molecular weight excluding hydrogens is 192 g/mol. The molecule has 0 saturated carbocycles. The zero-order valence-electron chi connectivity index (χ0n) is 8.24. The quantitative estimate of drug-likeness (QED) is 0.531. The Labute approximate surface area is 85.3 Å². The van der Waals surface area contributed by atoms with Gasteiger partial charge in [0, 0.05) is 0 Å². The fourth-order valence-corrected chi connectivity index (χ4v) is 0.455. The third-order valence-electron chi connectivity index (χ3n) is 1.48. The molecule has 1 unspecified atom stereocenters. The molecule has 0 heterocycles. The highest BCUT2D eigenvalue weighted by Gasteiger charge is 2.03. The van der Waals surface area contributed by atoms with Gasteiger partial charge in [0.1, 0.15) is 13.0 Å². The lowest BCUT2D eigenvalue weighted by atomic mass is 10.6. The maximum Gasteiger partial charge on any atom is 0.245 e. The van der Waals surface area contributed by atoms with Crippen molar-refractivity contribution in [1.29, 1.82) is 0 Å². The summed E-state index contributed by atoms with van der Waals surface area (Å²) in [6.45, 7) is 5.43. The third-order valence-corrected chi connectivity index (χ3v) is 1.48. The Kier molecular flexibility index (Phi) is 9.22. The number of nitrogens with zero attached hydrogens (tertiary/aromatic N) is 1. The average Bonchev–Trinajstić information content (AvgIpc) is 2.03. The number of carbonyl (C=O) groups excluding carboxylic acids is 1. The molecule has 0 aliphatic carbocycles. The summed E-state index contributed by atoms with van der Waals surface area (Å²) in [5, 5.41) is 2.51. The molecule has 1 N–H and O–H groups in total. The summed E-state index contributed by atoms with van der Waals surface area (Å²) >= 11 is 0. The van der Waals surface area contributed by atoms with Gasteiger partial charge in [0.05, 0.1) is 0 Å². The number of halogens is 1. The van der Waals surface area contributed by atoms with Crippen LogP contribution in [0.4, 0.5) is 0 Å². The molecule has 1 amide bonds. The summed E-state index contributed by atoms with van der Waals surface area (Å²) < 4.78 is 5.22. The van der Waals surface area contributed by atoms with E-state index in [0.717, 1.165) is 0 Å². The minimum atomic E-state index is -0.221. The standard InChI is InChI=1S/C8H16N2O2.ClH/c1-5-8(11)9-6-12-7(2)10(3)4;/h5,7H,1,6H2,2-4H3,(H,9,11);1H. The van der Waals surface area contributed by atoms with E-state index in [4.69, 9.17) is 4.74 Å². The number of ether oxygens (including phenoxy) is 1. The molecule has 0 aromatic carbocycles. The van der Waals surface area contributed by atoms with Crippen LogP contribution in [0.25, 0.3) is 0 Å². The van der Waals surface area contributed by atoms with Crippen LogP contribution in [0.3, 0.4) is 0 Å². The van der Waals surface area contributed by atoms with Crippen LogP contribution >= 0.6 is 12.4 Å². The normalized spacial score (nSPS) is 11.7. The maximum absolute atomic E-state index is 10.6. The molecular formula is C8H17ClN2O2. The van der Waals surface area contributed by atoms with Crippen LogP contribution in [0.1, 0.15) is 6.92 Å². The molecule has 0 radical (unpaired) electrons. The molecule has 1 atom stereocenters. The number of carbonyl (C=O) groups is 1. The minimum absolute atomic E-state index is 0. The first kappa shape index (κ1) is 14.9. The van der Waals surface area contributed by atoms with Gasteiger partial charge in [0.25, 0.3) is 0 Å². The first-order valence-electron chi connectivity index (χ1n) is 3.76. The summed E-state index contributed by atoms with van der Waals surface area (Å²) in [4.78, 5) is 12.5. The monoisotopic (exact) mass is 208 g/mol. The molecule has 0 aromatic rings. The van der Waals surface area contributed by atoms with Crippen molar-refractivity contribution in [2.24, 2.45) is 0 Å². The van der Waals surface area contributed by atoms with Gasteiger partial charge < -0.3 is 10.1 Å². The van der Waals surface area contributed by atoms with Crippen molar-refractivity contribution in [3.05, 3.63) is 12.7 Å². The third kappa shape index (κ3) is 7.77. The van der Waals surface area contributed by atoms with Crippen LogP contribution in [-0.2, 0) is 9.53 Å². The number of rotatable bonds is 5. The van der Waals surface area contributed by atoms with E-state index in [9.17, 15) is 4.79 Å². The van der Waals surface area contributed by atoms with Gasteiger partial charge in [0.2, 0.25) is 5.91 Å². The van der Waals surface area contributed by atoms with Gasteiger partial charge in [-0.1, -0.05) is 6.58 Å². The first-order chi connectivity index (χ1) is 5.57. The van der Waals surface area contributed by atoms with Gasteiger partial charge in [0.15, 0.2) is 0 Å². The second-order valence-corrected chi connectivity index (χ2v) is 2.62. The summed E-state index contributed by atoms with van der Waals surface area (Å²) in [5.41, 5.74) is 0. The van der Waals surface area contributed by atoms with E-state index >= 15 is 0 Å². The van der Waals surface area contributed by atoms with Crippen molar-refractivity contribution in [3.63, 3.8) is 0 Å². The fourth-order valence-electron chi connectivity index (χ4n) is 0.455. The van der Waals surface area contributed by atoms with Crippen LogP contribution in [0.5, 0.6) is 0 Å². The Hall–Kier alpha value is -0.580. The Balaban J connectivity index is 0. The Morgan fingerprint density at radius 2 is 2.23 bits per heavy atom. The number of amides is 1. The smallest absolute Gasteiger partial charge is 0.245 e. The molecule has 0 aliphatic rings. The largest absolute Gasteiger partial charge is 0.343 e. The van der Waals surface area contributed by atoms with Gasteiger partial charge in [-0.05, 0) is 27.1 Å². The van der Waals surface area contributed by atoms with Crippen LogP contribution in [0, 0.1) is 0 Å². The lowest BCUT2D eigenvalue weighted by Crippen LogP contribution is -2.33. The van der Waals surface area contributed by atoms with E-state index in [0.29, 0.717) is 0 Å². The summed E-state index contributed by atoms with van der Waals surface area (Å²) in [5.74, 6) is -0.221. The summed E-state index contributed by atoms with van der Waals surface area (Å²) in [7, 11) is 3.81. The van der Waals surface area contributed by atoms with E-state index in [1.165, 1.54) is 6.08 Å². The molecule has 0 bridgehead atoms. The number of nitrogens with one attached hydrogen (secondary N) is 1. The molecule has 13 heavy (non-hydrogen) atoms. The van der Waals surface area contributed by atoms with Crippen molar-refractivity contribution >= 4 is 18.3 Å². The predicted molar refractivity (Wildman–Crippen MR) is 54.7 cm³/mol. The molecule has 4 nitrogen and oxygen atoms in total. The molecule has 0 spiro atoms. The van der Waals surface area contributed by atoms with Crippen LogP contribution in [0.2, 0.25) is 0 Å². The van der Waals surface area contributed by atoms with Gasteiger partial charge in [-0.2, -0.15) is 0 Å². The van der Waals surface area contributed by atoms with Gasteiger partial charge >= 0.3 is 0 Å². The van der Waals surface area contributed by atoms with Crippen LogP contribution < -0.4 is 5.32 Å². The van der Waals surface area contributed by atoms with E-state index < -0.39 is 0 Å². The summed E-state index contributed by atoms with van der Waals surface area (Å²) in [6.07, 6.45) is 1.21. The minimum Gasteiger partial charge on any atom is -0.343 e. The Morgan fingerprint density at radius 1 is 1.69 bits per heavy atom. The van der Waals surface area contributed by atoms with Crippen molar-refractivity contribution in [2.45, 2.75) is 13.2 Å². The van der Waals surface area contributed by atoms with E-state index in [1.807, 2.05) is 25.9 Å². The zero-order chi connectivity index (χ0) is 9.56. The van der Waals surface area contributed by atoms with Crippen molar-refractivity contribution < 1.29 is 9.53 Å². The SMILES string of the molecule is C=CC(=O)NCOC(C)N(C)C.Cl. The van der Waals surface area contributed by atoms with Crippen molar-refractivity contribution in [2.75, 3.05) is 20.8 Å². The molecule has 0 fully saturated rings. The highest BCUT2D eigenvalue weighted by atomic mass is 35.5. The molecule has 0 saturated heterocycles. The maximum atomic E-state index is 10.6.